The van der Waals surface area contributed by atoms with Crippen molar-refractivity contribution in [2.24, 2.45) is 25.9 Å². The minimum atomic E-state index is 0.0702. The zero-order valence-corrected chi connectivity index (χ0v) is 42.9. The molecule has 9 aromatic rings. The van der Waals surface area contributed by atoms with E-state index >= 15 is 0 Å². The van der Waals surface area contributed by atoms with E-state index in [9.17, 15) is 0 Å². The highest BCUT2D eigenvalue weighted by atomic mass is 16.7. The zero-order valence-electron chi connectivity index (χ0n) is 42.9. The molecule has 0 bridgehead atoms. The summed E-state index contributed by atoms with van der Waals surface area (Å²) in [5, 5.41) is 4.91. The Balaban J connectivity index is 0.660. The second-order valence-electron chi connectivity index (χ2n) is 20.7. The lowest BCUT2D eigenvalue weighted by Gasteiger charge is -2.24. The van der Waals surface area contributed by atoms with E-state index in [-0.39, 0.29) is 18.6 Å². The quantitative estimate of drug-likeness (QED) is 0.0707. The normalized spacial score (nSPS) is 16.6. The third-order valence-electron chi connectivity index (χ3n) is 16.5. The topological polar surface area (TPSA) is 162 Å². The van der Waals surface area contributed by atoms with Crippen LogP contribution in [0.25, 0.3) is 43.6 Å². The van der Waals surface area contributed by atoms with Crippen LogP contribution in [0.5, 0.6) is 23.0 Å². The zero-order chi connectivity index (χ0) is 50.7. The highest BCUT2D eigenvalue weighted by Gasteiger charge is 2.31. The second kappa shape index (κ2) is 19.4. The molecule has 0 amide bonds. The number of allylic oxidation sites excluding steroid dienone is 4. The monoisotopic (exact) mass is 1010 g/mol. The summed E-state index contributed by atoms with van der Waals surface area (Å²) in [6.07, 6.45) is 18.3. The highest BCUT2D eigenvalue weighted by Crippen LogP contribution is 2.39. The SMILES string of the molecule is COc1ccc2c3c([nH]c2c1)C(CC(CC1=NCCc2c1[nH]c1cc(OCOc4ccc5c6c([nH]c5c4)C(CC(CC4=NCCc5c4[nH]c4cc(OC)ccc54)c4ccncc4)=NCC6)ccc21)C1=CC=CC1)=NCC3. The maximum atomic E-state index is 6.30. The van der Waals surface area contributed by atoms with Crippen LogP contribution >= 0.6 is 0 Å². The molecule has 5 aliphatic rings. The van der Waals surface area contributed by atoms with Gasteiger partial charge in [0.05, 0.1) is 59.8 Å². The largest absolute Gasteiger partial charge is 0.497 e. The Morgan fingerprint density at radius 1 is 0.461 bits per heavy atom. The molecule has 13 nitrogen and oxygen atoms in total. The van der Waals surface area contributed by atoms with Crippen molar-refractivity contribution in [3.8, 4) is 23.0 Å². The Labute approximate surface area is 440 Å². The fourth-order valence-electron chi connectivity index (χ4n) is 12.7. The molecule has 76 heavy (non-hydrogen) atoms. The van der Waals surface area contributed by atoms with Crippen molar-refractivity contribution in [2.45, 2.75) is 63.7 Å². The van der Waals surface area contributed by atoms with Gasteiger partial charge in [-0.1, -0.05) is 23.8 Å². The van der Waals surface area contributed by atoms with Crippen LogP contribution < -0.4 is 18.9 Å². The molecule has 14 rings (SSSR count). The van der Waals surface area contributed by atoms with Crippen molar-refractivity contribution in [3.63, 3.8) is 0 Å². The maximum absolute atomic E-state index is 6.30. The summed E-state index contributed by atoms with van der Waals surface area (Å²) in [4.78, 5) is 40.0. The van der Waals surface area contributed by atoms with E-state index in [1.165, 1.54) is 60.6 Å². The molecule has 4 aliphatic heterocycles. The van der Waals surface area contributed by atoms with Crippen LogP contribution in [0.2, 0.25) is 0 Å². The van der Waals surface area contributed by atoms with Crippen LogP contribution in [0.15, 0.2) is 141 Å². The van der Waals surface area contributed by atoms with Gasteiger partial charge in [0.25, 0.3) is 0 Å². The number of nitrogens with zero attached hydrogens (tertiary/aromatic N) is 5. The molecule has 9 heterocycles. The average Bonchev–Trinajstić information content (AvgIpc) is 4.33. The number of aliphatic imine (C=N–C) groups is 4. The fraction of sp³-hybridized carbons (Fsp3) is 0.286. The Hall–Kier alpha value is -8.45. The number of ether oxygens (including phenoxy) is 4. The van der Waals surface area contributed by atoms with Crippen LogP contribution in [0, 0.1) is 5.92 Å². The van der Waals surface area contributed by atoms with Gasteiger partial charge in [-0.25, -0.2) is 0 Å². The number of fused-ring (bicyclic) bond motifs is 12. The molecule has 380 valence electrons. The van der Waals surface area contributed by atoms with Crippen molar-refractivity contribution < 1.29 is 18.9 Å². The molecule has 13 heteroatoms. The van der Waals surface area contributed by atoms with E-state index < -0.39 is 0 Å². The summed E-state index contributed by atoms with van der Waals surface area (Å²) in [6, 6.07) is 29.5. The third-order valence-corrected chi connectivity index (χ3v) is 16.5. The van der Waals surface area contributed by atoms with Crippen molar-refractivity contribution in [3.05, 3.63) is 172 Å². The number of hydrogen-bond donors (Lipinski definition) is 4. The predicted octanol–water partition coefficient (Wildman–Crippen LogP) is 12.1. The molecule has 0 saturated carbocycles. The van der Waals surface area contributed by atoms with Crippen LogP contribution in [0.1, 0.15) is 88.6 Å². The lowest BCUT2D eigenvalue weighted by molar-refractivity contribution is 0.120. The smallest absolute Gasteiger partial charge is 0.230 e. The molecule has 5 aromatic heterocycles. The van der Waals surface area contributed by atoms with Crippen molar-refractivity contribution in [2.75, 3.05) is 47.2 Å². The molecule has 0 spiro atoms. The molecule has 2 unspecified atom stereocenters. The summed E-state index contributed by atoms with van der Waals surface area (Å²) in [6.45, 7) is 3.16. The number of methoxy groups -OCH3 is 2. The number of hydrogen-bond acceptors (Lipinski definition) is 9. The molecule has 0 fully saturated rings. The summed E-state index contributed by atoms with van der Waals surface area (Å²) in [5.74, 6) is 3.58. The Morgan fingerprint density at radius 3 is 1.22 bits per heavy atom. The summed E-state index contributed by atoms with van der Waals surface area (Å²) < 4.78 is 23.7. The van der Waals surface area contributed by atoms with Gasteiger partial charge in [0.1, 0.15) is 23.0 Å². The van der Waals surface area contributed by atoms with E-state index in [1.54, 1.807) is 14.2 Å². The molecule has 2 atom stereocenters. The molecular weight excluding hydrogens is 947 g/mol. The number of aromatic nitrogens is 5. The first kappa shape index (κ1) is 46.1. The van der Waals surface area contributed by atoms with Crippen LogP contribution in [-0.4, -0.2) is 95.0 Å². The Morgan fingerprint density at radius 2 is 0.842 bits per heavy atom. The molecule has 4 N–H and O–H groups in total. The van der Waals surface area contributed by atoms with Crippen LogP contribution in [-0.2, 0) is 25.7 Å². The van der Waals surface area contributed by atoms with Gasteiger partial charge in [0, 0.05) is 106 Å². The number of nitrogens with one attached hydrogen (secondary N) is 4. The summed E-state index contributed by atoms with van der Waals surface area (Å²) in [5.41, 5.74) is 21.3. The number of benzene rings is 4. The third kappa shape index (κ3) is 8.38. The van der Waals surface area contributed by atoms with E-state index in [2.05, 4.69) is 116 Å². The van der Waals surface area contributed by atoms with Gasteiger partial charge in [0.15, 0.2) is 0 Å². The number of pyridine rings is 1. The number of H-pyrrole nitrogens is 4. The number of rotatable bonds is 16. The van der Waals surface area contributed by atoms with Crippen LogP contribution in [0.4, 0.5) is 0 Å². The van der Waals surface area contributed by atoms with E-state index in [0.717, 1.165) is 169 Å². The highest BCUT2D eigenvalue weighted by molar-refractivity contribution is 6.11. The minimum absolute atomic E-state index is 0.0702. The minimum Gasteiger partial charge on any atom is -0.497 e. The van der Waals surface area contributed by atoms with Gasteiger partial charge in [-0.05, 0) is 158 Å². The van der Waals surface area contributed by atoms with Crippen LogP contribution in [0.3, 0.4) is 0 Å². The van der Waals surface area contributed by atoms with E-state index in [1.807, 2.05) is 24.5 Å². The van der Waals surface area contributed by atoms with Crippen molar-refractivity contribution in [1.29, 1.82) is 0 Å². The van der Waals surface area contributed by atoms with Gasteiger partial charge in [-0.2, -0.15) is 0 Å². The fourth-order valence-corrected chi connectivity index (χ4v) is 12.7. The number of aromatic amines is 4. The maximum Gasteiger partial charge on any atom is 0.230 e. The van der Waals surface area contributed by atoms with Gasteiger partial charge < -0.3 is 38.9 Å². The lowest BCUT2D eigenvalue weighted by Crippen LogP contribution is -2.22. The lowest BCUT2D eigenvalue weighted by atomic mass is 9.84. The van der Waals surface area contributed by atoms with Gasteiger partial charge in [0.2, 0.25) is 6.79 Å². The van der Waals surface area contributed by atoms with Crippen molar-refractivity contribution >= 4 is 66.5 Å². The first-order valence-corrected chi connectivity index (χ1v) is 26.8. The molecular formula is C63H59N9O4. The summed E-state index contributed by atoms with van der Waals surface area (Å²) in [7, 11) is 3.43. The molecule has 0 saturated heterocycles. The average molecular weight is 1010 g/mol. The molecule has 0 radical (unpaired) electrons. The van der Waals surface area contributed by atoms with Gasteiger partial charge >= 0.3 is 0 Å². The Bertz CT molecular complexity index is 3950. The second-order valence-corrected chi connectivity index (χ2v) is 20.7. The Kier molecular flexibility index (Phi) is 11.7. The molecule has 4 aromatic carbocycles. The summed E-state index contributed by atoms with van der Waals surface area (Å²) >= 11 is 0. The molecule has 1 aliphatic carbocycles. The van der Waals surface area contributed by atoms with Gasteiger partial charge in [-0.3, -0.25) is 25.0 Å². The first-order valence-electron chi connectivity index (χ1n) is 26.8. The van der Waals surface area contributed by atoms with E-state index in [0.29, 0.717) is 0 Å². The first-order chi connectivity index (χ1) is 37.5. The standard InChI is InChI=1S/C63H59N9O4/c1-73-40-7-11-44-48-17-23-65-56(60(48)69-52(44)31-40)27-38(36-5-3-4-6-36)28-57-62-50(19-25-66-57)46-13-9-42(33-54(46)71-62)75-35-76-43-10-14-47-51-20-26-68-59(63(51)72-55(47)34-43)30-39(37-15-21-64-22-16-37)29-58-61-49(18-24-67-58)45-12-8-41(74-2)32-53(45)70-61/h3-5,7-16,21-22,31-34,38-39,69-72H,6,17-20,23-30,35H2,1-2H3. The van der Waals surface area contributed by atoms with Crippen molar-refractivity contribution in [1.82, 2.24) is 24.9 Å². The van der Waals surface area contributed by atoms with Gasteiger partial charge in [-0.15, -0.1) is 0 Å². The van der Waals surface area contributed by atoms with E-state index in [4.69, 9.17) is 38.9 Å². The predicted molar refractivity (Wildman–Crippen MR) is 304 cm³/mol.